The molecule has 0 unspecified atom stereocenters. The number of rotatable bonds is 4. The van der Waals surface area contributed by atoms with Crippen LogP contribution in [0.25, 0.3) is 0 Å². The van der Waals surface area contributed by atoms with Gasteiger partial charge in [0.05, 0.1) is 6.54 Å². The molecule has 0 fully saturated rings. The normalized spacial score (nSPS) is 16.4. The quantitative estimate of drug-likeness (QED) is 0.943. The van der Waals surface area contributed by atoms with Crippen LogP contribution >= 0.6 is 11.3 Å². The third kappa shape index (κ3) is 2.76. The Morgan fingerprint density at radius 1 is 1.27 bits per heavy atom. The number of carbonyl (C=O) groups excluding carboxylic acids is 2. The molecular weight excluding hydrogens is 296 g/mol. The van der Waals surface area contributed by atoms with Crippen molar-refractivity contribution in [1.82, 2.24) is 5.32 Å². The third-order valence-corrected chi connectivity index (χ3v) is 4.74. The van der Waals surface area contributed by atoms with Crippen LogP contribution in [0.1, 0.15) is 23.8 Å². The molecular formula is C17H18N2O2S. The second-order valence-electron chi connectivity index (χ2n) is 5.26. The summed E-state index contributed by atoms with van der Waals surface area (Å²) in [6.45, 7) is 2.33. The fourth-order valence-corrected chi connectivity index (χ4v) is 3.42. The monoisotopic (exact) mass is 314 g/mol. The lowest BCUT2D eigenvalue weighted by Gasteiger charge is -2.24. The van der Waals surface area contributed by atoms with E-state index in [0.717, 1.165) is 16.1 Å². The summed E-state index contributed by atoms with van der Waals surface area (Å²) < 4.78 is 0. The summed E-state index contributed by atoms with van der Waals surface area (Å²) in [6.07, 6.45) is 0.973. The average molecular weight is 314 g/mol. The van der Waals surface area contributed by atoms with Crippen LogP contribution in [-0.4, -0.2) is 17.9 Å². The highest BCUT2D eigenvalue weighted by Gasteiger charge is 2.37. The summed E-state index contributed by atoms with van der Waals surface area (Å²) in [5, 5.41) is 4.93. The molecule has 1 aromatic carbocycles. The number of nitrogens with zero attached hydrogens (tertiary/aromatic N) is 1. The Morgan fingerprint density at radius 2 is 2.09 bits per heavy atom. The summed E-state index contributed by atoms with van der Waals surface area (Å²) in [4.78, 5) is 27.6. The number of benzene rings is 1. The number of hydrogen-bond acceptors (Lipinski definition) is 3. The number of fused-ring (bicyclic) bond motifs is 1. The molecule has 114 valence electrons. The fourth-order valence-electron chi connectivity index (χ4n) is 2.78. The summed E-state index contributed by atoms with van der Waals surface area (Å²) in [5.41, 5.74) is 1.92. The Balaban J connectivity index is 1.77. The van der Waals surface area contributed by atoms with E-state index in [1.807, 2.05) is 48.7 Å². The van der Waals surface area contributed by atoms with Gasteiger partial charge in [-0.3, -0.25) is 14.5 Å². The molecule has 0 radical (unpaired) electrons. The number of amides is 2. The fraction of sp³-hybridized carbons (Fsp3) is 0.294. The maximum absolute atomic E-state index is 12.5. The van der Waals surface area contributed by atoms with Gasteiger partial charge >= 0.3 is 0 Å². The van der Waals surface area contributed by atoms with Crippen LogP contribution in [-0.2, 0) is 22.6 Å². The van der Waals surface area contributed by atoms with E-state index in [4.69, 9.17) is 0 Å². The van der Waals surface area contributed by atoms with Crippen LogP contribution in [0.3, 0.4) is 0 Å². The van der Waals surface area contributed by atoms with Crippen molar-refractivity contribution in [2.75, 3.05) is 4.90 Å². The van der Waals surface area contributed by atoms with Gasteiger partial charge in [0.25, 0.3) is 0 Å². The molecule has 5 heteroatoms. The second-order valence-corrected chi connectivity index (χ2v) is 6.30. The number of carbonyl (C=O) groups is 2. The van der Waals surface area contributed by atoms with Gasteiger partial charge in [-0.1, -0.05) is 31.2 Å². The molecule has 1 atom stereocenters. The molecule has 4 nitrogen and oxygen atoms in total. The van der Waals surface area contributed by atoms with Gasteiger partial charge in [-0.25, -0.2) is 0 Å². The van der Waals surface area contributed by atoms with E-state index in [1.165, 1.54) is 0 Å². The Hall–Kier alpha value is -2.14. The number of para-hydroxylation sites is 1. The van der Waals surface area contributed by atoms with Gasteiger partial charge in [0, 0.05) is 23.4 Å². The first kappa shape index (κ1) is 14.8. The van der Waals surface area contributed by atoms with Crippen molar-refractivity contribution < 1.29 is 9.59 Å². The van der Waals surface area contributed by atoms with E-state index < -0.39 is 6.04 Å². The van der Waals surface area contributed by atoms with Crippen LogP contribution in [0, 0.1) is 0 Å². The van der Waals surface area contributed by atoms with Crippen LogP contribution < -0.4 is 10.2 Å². The van der Waals surface area contributed by atoms with Gasteiger partial charge in [-0.15, -0.1) is 11.3 Å². The summed E-state index contributed by atoms with van der Waals surface area (Å²) in [5.74, 6) is -0.104. The Bertz CT molecular complexity index is 682. The van der Waals surface area contributed by atoms with Gasteiger partial charge in [-0.2, -0.15) is 0 Å². The van der Waals surface area contributed by atoms with Crippen molar-refractivity contribution in [1.29, 1.82) is 0 Å². The zero-order valence-electron chi connectivity index (χ0n) is 12.4. The van der Waals surface area contributed by atoms with Gasteiger partial charge in [0.1, 0.15) is 6.04 Å². The van der Waals surface area contributed by atoms with E-state index in [2.05, 4.69) is 5.32 Å². The highest BCUT2D eigenvalue weighted by molar-refractivity contribution is 7.09. The minimum Gasteiger partial charge on any atom is -0.349 e. The number of thiophene rings is 1. The van der Waals surface area contributed by atoms with Crippen molar-refractivity contribution in [2.24, 2.45) is 0 Å². The molecule has 0 saturated heterocycles. The van der Waals surface area contributed by atoms with Crippen molar-refractivity contribution in [3.05, 3.63) is 52.2 Å². The molecule has 0 spiro atoms. The average Bonchev–Trinajstić information content (AvgIpc) is 3.19. The molecule has 22 heavy (non-hydrogen) atoms. The third-order valence-electron chi connectivity index (χ3n) is 3.87. The first-order valence-corrected chi connectivity index (χ1v) is 8.28. The Morgan fingerprint density at radius 3 is 2.82 bits per heavy atom. The maximum atomic E-state index is 12.5. The van der Waals surface area contributed by atoms with E-state index in [-0.39, 0.29) is 11.8 Å². The van der Waals surface area contributed by atoms with Crippen LogP contribution in [0.2, 0.25) is 0 Å². The lowest BCUT2D eigenvalue weighted by Crippen LogP contribution is -2.47. The minimum atomic E-state index is -0.440. The Labute approximate surface area is 133 Å². The van der Waals surface area contributed by atoms with Crippen molar-refractivity contribution in [2.45, 2.75) is 32.4 Å². The molecule has 0 saturated carbocycles. The molecule has 2 heterocycles. The summed E-state index contributed by atoms with van der Waals surface area (Å²) >= 11 is 1.61. The molecule has 2 amide bonds. The van der Waals surface area contributed by atoms with Gasteiger partial charge in [0.2, 0.25) is 11.8 Å². The zero-order chi connectivity index (χ0) is 15.5. The standard InChI is InChI=1S/C17H18N2O2S/c1-2-16(20)19-14-8-4-3-6-12(14)10-15(19)17(21)18-11-13-7-5-9-22-13/h3-9,15H,2,10-11H2,1H3,(H,18,21)/t15-/m0/s1. The number of nitrogens with one attached hydrogen (secondary N) is 1. The highest BCUT2D eigenvalue weighted by Crippen LogP contribution is 2.32. The molecule has 2 aromatic rings. The molecule has 0 aliphatic carbocycles. The molecule has 1 N–H and O–H groups in total. The largest absolute Gasteiger partial charge is 0.349 e. The zero-order valence-corrected chi connectivity index (χ0v) is 13.2. The smallest absolute Gasteiger partial charge is 0.243 e. The molecule has 1 aliphatic heterocycles. The molecule has 0 bridgehead atoms. The lowest BCUT2D eigenvalue weighted by atomic mass is 10.1. The summed E-state index contributed by atoms with van der Waals surface area (Å²) in [6, 6.07) is 11.3. The van der Waals surface area contributed by atoms with E-state index in [0.29, 0.717) is 19.4 Å². The van der Waals surface area contributed by atoms with Crippen molar-refractivity contribution >= 4 is 28.8 Å². The van der Waals surface area contributed by atoms with Crippen LogP contribution in [0.4, 0.5) is 5.69 Å². The predicted molar refractivity (Wildman–Crippen MR) is 87.9 cm³/mol. The lowest BCUT2D eigenvalue weighted by molar-refractivity contribution is -0.126. The first-order chi connectivity index (χ1) is 10.7. The van der Waals surface area contributed by atoms with Crippen LogP contribution in [0.5, 0.6) is 0 Å². The van der Waals surface area contributed by atoms with E-state index in [1.54, 1.807) is 16.2 Å². The minimum absolute atomic E-state index is 0.0128. The van der Waals surface area contributed by atoms with Crippen molar-refractivity contribution in [3.63, 3.8) is 0 Å². The molecule has 1 aliphatic rings. The summed E-state index contributed by atoms with van der Waals surface area (Å²) in [7, 11) is 0. The van der Waals surface area contributed by atoms with E-state index >= 15 is 0 Å². The van der Waals surface area contributed by atoms with Crippen LogP contribution in [0.15, 0.2) is 41.8 Å². The van der Waals surface area contributed by atoms with Gasteiger partial charge < -0.3 is 5.32 Å². The topological polar surface area (TPSA) is 49.4 Å². The van der Waals surface area contributed by atoms with Gasteiger partial charge in [0.15, 0.2) is 0 Å². The first-order valence-electron chi connectivity index (χ1n) is 7.40. The predicted octanol–water partition coefficient (Wildman–Crippen LogP) is 2.73. The number of anilines is 1. The highest BCUT2D eigenvalue weighted by atomic mass is 32.1. The molecule has 3 rings (SSSR count). The second kappa shape index (κ2) is 6.32. The molecule has 1 aromatic heterocycles. The van der Waals surface area contributed by atoms with Gasteiger partial charge in [-0.05, 0) is 23.1 Å². The van der Waals surface area contributed by atoms with E-state index in [9.17, 15) is 9.59 Å². The number of hydrogen-bond donors (Lipinski definition) is 1. The maximum Gasteiger partial charge on any atom is 0.243 e. The SMILES string of the molecule is CCC(=O)N1c2ccccc2C[C@H]1C(=O)NCc1cccs1. The van der Waals surface area contributed by atoms with Crippen molar-refractivity contribution in [3.8, 4) is 0 Å². The Kier molecular flexibility index (Phi) is 4.24.